The van der Waals surface area contributed by atoms with Crippen molar-refractivity contribution >= 4 is 0 Å². The van der Waals surface area contributed by atoms with Gasteiger partial charge in [-0.05, 0) is 43.6 Å². The van der Waals surface area contributed by atoms with Gasteiger partial charge >= 0.3 is 0 Å². The minimum absolute atomic E-state index is 0.321. The van der Waals surface area contributed by atoms with Crippen molar-refractivity contribution in [1.29, 1.82) is 5.26 Å². The van der Waals surface area contributed by atoms with Crippen molar-refractivity contribution in [3.8, 4) is 17.5 Å². The number of piperidine rings is 1. The molecule has 5 nitrogen and oxygen atoms in total. The van der Waals surface area contributed by atoms with Crippen LogP contribution in [0.25, 0.3) is 11.4 Å². The van der Waals surface area contributed by atoms with E-state index in [0.717, 1.165) is 49.5 Å². The van der Waals surface area contributed by atoms with Gasteiger partial charge in [-0.25, -0.2) is 0 Å². The lowest BCUT2D eigenvalue weighted by Gasteiger charge is -2.30. The lowest BCUT2D eigenvalue weighted by atomic mass is 9.96. The molecule has 26 heavy (non-hydrogen) atoms. The fourth-order valence-electron chi connectivity index (χ4n) is 3.44. The second-order valence-electron chi connectivity index (χ2n) is 6.68. The summed E-state index contributed by atoms with van der Waals surface area (Å²) in [6, 6.07) is 20.0. The Hall–Kier alpha value is -2.97. The summed E-state index contributed by atoms with van der Waals surface area (Å²) in [6.07, 6.45) is 2.02. The van der Waals surface area contributed by atoms with Crippen LogP contribution < -0.4 is 0 Å². The molecule has 1 saturated heterocycles. The largest absolute Gasteiger partial charge is 0.339 e. The Morgan fingerprint density at radius 2 is 1.88 bits per heavy atom. The van der Waals surface area contributed by atoms with E-state index >= 15 is 0 Å². The first kappa shape index (κ1) is 16.5. The third-order valence-corrected chi connectivity index (χ3v) is 4.87. The average molecular weight is 344 g/mol. The summed E-state index contributed by atoms with van der Waals surface area (Å²) in [7, 11) is 0. The molecule has 5 heteroatoms. The quantitative estimate of drug-likeness (QED) is 0.716. The van der Waals surface area contributed by atoms with Gasteiger partial charge in [0.15, 0.2) is 0 Å². The molecule has 2 aromatic carbocycles. The summed E-state index contributed by atoms with van der Waals surface area (Å²) in [6.45, 7) is 2.86. The zero-order chi connectivity index (χ0) is 17.8. The van der Waals surface area contributed by atoms with E-state index in [1.54, 1.807) is 0 Å². The summed E-state index contributed by atoms with van der Waals surface area (Å²) in [5.41, 5.74) is 2.89. The summed E-state index contributed by atoms with van der Waals surface area (Å²) in [5, 5.41) is 13.2. The van der Waals surface area contributed by atoms with Gasteiger partial charge in [-0.3, -0.25) is 4.90 Å². The molecule has 0 bridgehead atoms. The van der Waals surface area contributed by atoms with E-state index in [4.69, 9.17) is 9.78 Å². The molecule has 1 aromatic heterocycles. The highest BCUT2D eigenvalue weighted by atomic mass is 16.5. The molecule has 2 heterocycles. The number of nitrogens with zero attached hydrogens (tertiary/aromatic N) is 4. The first-order chi connectivity index (χ1) is 12.8. The Kier molecular flexibility index (Phi) is 4.76. The number of hydrogen-bond donors (Lipinski definition) is 0. The number of hydrogen-bond acceptors (Lipinski definition) is 5. The smallest absolute Gasteiger partial charge is 0.230 e. The fourth-order valence-corrected chi connectivity index (χ4v) is 3.44. The average Bonchev–Trinajstić information content (AvgIpc) is 3.20. The van der Waals surface area contributed by atoms with Gasteiger partial charge in [-0.15, -0.1) is 0 Å². The molecule has 0 spiro atoms. The van der Waals surface area contributed by atoms with Crippen LogP contribution in [-0.4, -0.2) is 28.1 Å². The Morgan fingerprint density at radius 1 is 1.08 bits per heavy atom. The maximum Gasteiger partial charge on any atom is 0.230 e. The fraction of sp³-hybridized carbons (Fsp3) is 0.286. The predicted octanol–water partition coefficient (Wildman–Crippen LogP) is 3.99. The molecular formula is C21H20N4O. The zero-order valence-corrected chi connectivity index (χ0v) is 14.5. The molecule has 3 aromatic rings. The van der Waals surface area contributed by atoms with Crippen LogP contribution in [0, 0.1) is 11.3 Å². The van der Waals surface area contributed by atoms with Crippen LogP contribution >= 0.6 is 0 Å². The van der Waals surface area contributed by atoms with Gasteiger partial charge in [0.2, 0.25) is 11.7 Å². The van der Waals surface area contributed by atoms with E-state index in [-0.39, 0.29) is 0 Å². The van der Waals surface area contributed by atoms with E-state index in [0.29, 0.717) is 11.7 Å². The van der Waals surface area contributed by atoms with Crippen molar-refractivity contribution in [2.45, 2.75) is 25.3 Å². The van der Waals surface area contributed by atoms with Gasteiger partial charge in [0.1, 0.15) is 0 Å². The number of aromatic nitrogens is 2. The van der Waals surface area contributed by atoms with Gasteiger partial charge in [-0.2, -0.15) is 10.2 Å². The van der Waals surface area contributed by atoms with Crippen molar-refractivity contribution in [2.75, 3.05) is 13.1 Å². The van der Waals surface area contributed by atoms with E-state index in [1.807, 2.05) is 48.5 Å². The van der Waals surface area contributed by atoms with Gasteiger partial charge in [0.25, 0.3) is 0 Å². The predicted molar refractivity (Wildman–Crippen MR) is 98.1 cm³/mol. The molecule has 0 unspecified atom stereocenters. The van der Waals surface area contributed by atoms with E-state index < -0.39 is 0 Å². The van der Waals surface area contributed by atoms with E-state index in [9.17, 15) is 0 Å². The van der Waals surface area contributed by atoms with Crippen LogP contribution in [0.3, 0.4) is 0 Å². The minimum atomic E-state index is 0.321. The van der Waals surface area contributed by atoms with Crippen LogP contribution in [-0.2, 0) is 6.54 Å². The maximum atomic E-state index is 9.03. The Balaban J connectivity index is 1.36. The number of nitriles is 1. The highest BCUT2D eigenvalue weighted by Gasteiger charge is 2.25. The van der Waals surface area contributed by atoms with E-state index in [1.165, 1.54) is 5.56 Å². The van der Waals surface area contributed by atoms with Crippen LogP contribution in [0.15, 0.2) is 59.1 Å². The Bertz CT molecular complexity index is 905. The van der Waals surface area contributed by atoms with Gasteiger partial charge in [0, 0.05) is 18.0 Å². The summed E-state index contributed by atoms with van der Waals surface area (Å²) in [5.74, 6) is 1.73. The van der Waals surface area contributed by atoms with Crippen molar-refractivity contribution in [3.63, 3.8) is 0 Å². The molecule has 0 aliphatic carbocycles. The van der Waals surface area contributed by atoms with Crippen molar-refractivity contribution in [2.24, 2.45) is 0 Å². The third-order valence-electron chi connectivity index (χ3n) is 4.87. The second-order valence-corrected chi connectivity index (χ2v) is 6.68. The normalized spacial score (nSPS) is 15.7. The Morgan fingerprint density at radius 3 is 2.65 bits per heavy atom. The standard InChI is InChI=1S/C21H20N4O/c22-14-16-5-4-6-17(13-16)15-25-11-9-19(10-12-25)21-23-20(24-26-21)18-7-2-1-3-8-18/h1-8,13,19H,9-12,15H2. The van der Waals surface area contributed by atoms with Gasteiger partial charge < -0.3 is 4.52 Å². The highest BCUT2D eigenvalue weighted by molar-refractivity contribution is 5.53. The minimum Gasteiger partial charge on any atom is -0.339 e. The molecule has 1 aliphatic heterocycles. The highest BCUT2D eigenvalue weighted by Crippen LogP contribution is 2.29. The lowest BCUT2D eigenvalue weighted by molar-refractivity contribution is 0.187. The Labute approximate surface area is 152 Å². The molecule has 0 atom stereocenters. The molecule has 0 saturated carbocycles. The third kappa shape index (κ3) is 3.66. The first-order valence-electron chi connectivity index (χ1n) is 8.92. The van der Waals surface area contributed by atoms with Crippen molar-refractivity contribution < 1.29 is 4.52 Å². The number of benzene rings is 2. The molecular weight excluding hydrogens is 324 g/mol. The van der Waals surface area contributed by atoms with Crippen molar-refractivity contribution in [3.05, 3.63) is 71.6 Å². The van der Waals surface area contributed by atoms with Crippen LogP contribution in [0.4, 0.5) is 0 Å². The maximum absolute atomic E-state index is 9.03. The second kappa shape index (κ2) is 7.51. The summed E-state index contributed by atoms with van der Waals surface area (Å²) >= 11 is 0. The lowest BCUT2D eigenvalue weighted by Crippen LogP contribution is -2.32. The topological polar surface area (TPSA) is 66.0 Å². The molecule has 4 rings (SSSR count). The van der Waals surface area contributed by atoms with E-state index in [2.05, 4.69) is 27.2 Å². The van der Waals surface area contributed by atoms with Crippen LogP contribution in [0.2, 0.25) is 0 Å². The number of rotatable bonds is 4. The molecule has 1 fully saturated rings. The summed E-state index contributed by atoms with van der Waals surface area (Å²) in [4.78, 5) is 7.02. The first-order valence-corrected chi connectivity index (χ1v) is 8.92. The zero-order valence-electron chi connectivity index (χ0n) is 14.5. The molecule has 0 amide bonds. The van der Waals surface area contributed by atoms with Gasteiger partial charge in [0.05, 0.1) is 11.6 Å². The number of likely N-dealkylation sites (tertiary alicyclic amines) is 1. The SMILES string of the molecule is N#Cc1cccc(CN2CCC(c3nc(-c4ccccc4)no3)CC2)c1. The van der Waals surface area contributed by atoms with Crippen LogP contribution in [0.1, 0.15) is 35.8 Å². The van der Waals surface area contributed by atoms with Crippen LogP contribution in [0.5, 0.6) is 0 Å². The molecule has 0 radical (unpaired) electrons. The molecule has 1 aliphatic rings. The monoisotopic (exact) mass is 344 g/mol. The summed E-state index contributed by atoms with van der Waals surface area (Å²) < 4.78 is 5.53. The van der Waals surface area contributed by atoms with Gasteiger partial charge in [-0.1, -0.05) is 47.6 Å². The van der Waals surface area contributed by atoms with Crippen molar-refractivity contribution in [1.82, 2.24) is 15.0 Å². The molecule has 130 valence electrons. The molecule has 0 N–H and O–H groups in total.